The van der Waals surface area contributed by atoms with Crippen LogP contribution in [0.2, 0.25) is 15.1 Å². The number of hydrogen-bond donors (Lipinski definition) is 0. The zero-order chi connectivity index (χ0) is 15.9. The molecular weight excluding hydrogens is 359 g/mol. The van der Waals surface area contributed by atoms with E-state index in [1.54, 1.807) is 13.8 Å². The van der Waals surface area contributed by atoms with Crippen LogP contribution >= 0.6 is 34.8 Å². The minimum absolute atomic E-state index is 0.0257. The Morgan fingerprint density at radius 3 is 2.24 bits per heavy atom. The van der Waals surface area contributed by atoms with E-state index in [9.17, 15) is 8.42 Å². The molecule has 0 saturated carbocycles. The van der Waals surface area contributed by atoms with Crippen LogP contribution in [0.4, 0.5) is 0 Å². The Bertz CT molecular complexity index is 816. The third-order valence-electron chi connectivity index (χ3n) is 2.67. The van der Waals surface area contributed by atoms with Gasteiger partial charge in [0.05, 0.1) is 38.4 Å². The van der Waals surface area contributed by atoms with Gasteiger partial charge in [-0.2, -0.15) is 13.5 Å². The normalized spacial score (nSPS) is 11.7. The van der Waals surface area contributed by atoms with Gasteiger partial charge >= 0.3 is 10.1 Å². The smallest absolute Gasteiger partial charge is 0.306 e. The number of aromatic nitrogens is 2. The number of aryl methyl sites for hydroxylation is 1. The molecular formula is C12H11Cl3N2O3S. The molecule has 0 bridgehead atoms. The van der Waals surface area contributed by atoms with Crippen molar-refractivity contribution >= 4 is 44.9 Å². The van der Waals surface area contributed by atoms with Gasteiger partial charge in [0, 0.05) is 6.07 Å². The summed E-state index contributed by atoms with van der Waals surface area (Å²) in [5, 5.41) is 5.15. The largest absolute Gasteiger partial charge is 0.381 e. The van der Waals surface area contributed by atoms with Crippen molar-refractivity contribution in [1.82, 2.24) is 9.78 Å². The first-order chi connectivity index (χ1) is 9.60. The van der Waals surface area contributed by atoms with Crippen molar-refractivity contribution in [2.75, 3.05) is 6.26 Å². The third kappa shape index (κ3) is 3.45. The molecule has 1 heterocycles. The summed E-state index contributed by atoms with van der Waals surface area (Å²) in [6, 6.07) is 2.80. The predicted octanol–water partition coefficient (Wildman–Crippen LogP) is 3.79. The minimum atomic E-state index is -3.71. The van der Waals surface area contributed by atoms with Gasteiger partial charge in [0.2, 0.25) is 0 Å². The van der Waals surface area contributed by atoms with Crippen LogP contribution in [0.1, 0.15) is 11.4 Å². The molecule has 0 N–H and O–H groups in total. The lowest BCUT2D eigenvalue weighted by Gasteiger charge is -2.11. The maximum atomic E-state index is 11.3. The predicted molar refractivity (Wildman–Crippen MR) is 83.5 cm³/mol. The highest BCUT2D eigenvalue weighted by atomic mass is 35.5. The van der Waals surface area contributed by atoms with Gasteiger partial charge in [-0.1, -0.05) is 34.8 Å². The van der Waals surface area contributed by atoms with Gasteiger partial charge < -0.3 is 4.18 Å². The Balaban J connectivity index is 2.64. The van der Waals surface area contributed by atoms with Gasteiger partial charge in [0.1, 0.15) is 0 Å². The maximum Gasteiger partial charge on any atom is 0.306 e. The average Bonchev–Trinajstić information content (AvgIpc) is 2.59. The van der Waals surface area contributed by atoms with Gasteiger partial charge in [0.25, 0.3) is 0 Å². The molecule has 0 aliphatic carbocycles. The molecule has 0 amide bonds. The van der Waals surface area contributed by atoms with Crippen LogP contribution in [0.5, 0.6) is 5.75 Å². The molecule has 2 rings (SSSR count). The van der Waals surface area contributed by atoms with E-state index >= 15 is 0 Å². The highest BCUT2D eigenvalue weighted by molar-refractivity contribution is 7.86. The molecule has 21 heavy (non-hydrogen) atoms. The molecule has 0 aliphatic rings. The fourth-order valence-electron chi connectivity index (χ4n) is 1.77. The van der Waals surface area contributed by atoms with Crippen LogP contribution in [0.15, 0.2) is 12.1 Å². The standard InChI is InChI=1S/C12H11Cl3N2O3S/c1-6-12(15)7(2)17(16-6)10-5-11(20-21(3,18)19)9(14)4-8(10)13/h4-5H,1-3H3. The van der Waals surface area contributed by atoms with Gasteiger partial charge in [-0.15, -0.1) is 0 Å². The first kappa shape index (κ1) is 16.4. The van der Waals surface area contributed by atoms with E-state index in [2.05, 4.69) is 5.10 Å². The number of nitrogens with zero attached hydrogens (tertiary/aromatic N) is 2. The molecule has 1 aromatic carbocycles. The van der Waals surface area contributed by atoms with Crippen LogP contribution in [0.3, 0.4) is 0 Å². The number of rotatable bonds is 3. The van der Waals surface area contributed by atoms with E-state index in [0.29, 0.717) is 27.1 Å². The second kappa shape index (κ2) is 5.68. The van der Waals surface area contributed by atoms with Gasteiger partial charge in [-0.3, -0.25) is 0 Å². The van der Waals surface area contributed by atoms with E-state index in [4.69, 9.17) is 39.0 Å². The third-order valence-corrected chi connectivity index (χ3v) is 4.30. The SMILES string of the molecule is Cc1nn(-c2cc(OS(C)(=O)=O)c(Cl)cc2Cl)c(C)c1Cl. The van der Waals surface area contributed by atoms with Gasteiger partial charge in [-0.05, 0) is 19.9 Å². The second-order valence-corrected chi connectivity index (χ2v) is 7.19. The molecule has 0 fully saturated rings. The molecule has 0 radical (unpaired) electrons. The van der Waals surface area contributed by atoms with Gasteiger partial charge in [-0.25, -0.2) is 4.68 Å². The van der Waals surface area contributed by atoms with E-state index in [-0.39, 0.29) is 10.8 Å². The van der Waals surface area contributed by atoms with Crippen LogP contribution < -0.4 is 4.18 Å². The second-order valence-electron chi connectivity index (χ2n) is 4.42. The first-order valence-corrected chi connectivity index (χ1v) is 8.66. The van der Waals surface area contributed by atoms with Crippen molar-refractivity contribution in [3.63, 3.8) is 0 Å². The fourth-order valence-corrected chi connectivity index (χ4v) is 2.90. The lowest BCUT2D eigenvalue weighted by atomic mass is 10.3. The Hall–Kier alpha value is -0.950. The van der Waals surface area contributed by atoms with Crippen molar-refractivity contribution in [2.24, 2.45) is 0 Å². The summed E-state index contributed by atoms with van der Waals surface area (Å²) in [7, 11) is -3.71. The van der Waals surface area contributed by atoms with Crippen molar-refractivity contribution in [3.8, 4) is 11.4 Å². The molecule has 0 unspecified atom stereocenters. The number of halogens is 3. The summed E-state index contributed by atoms with van der Waals surface area (Å²) in [6.45, 7) is 3.52. The summed E-state index contributed by atoms with van der Waals surface area (Å²) >= 11 is 18.2. The Morgan fingerprint density at radius 2 is 1.76 bits per heavy atom. The molecule has 0 saturated heterocycles. The summed E-state index contributed by atoms with van der Waals surface area (Å²) < 4.78 is 28.8. The van der Waals surface area contributed by atoms with E-state index in [1.165, 1.54) is 16.8 Å². The summed E-state index contributed by atoms with van der Waals surface area (Å²) in [5.74, 6) is -0.0257. The van der Waals surface area contributed by atoms with Crippen LogP contribution in [0, 0.1) is 13.8 Å². The molecule has 2 aromatic rings. The van der Waals surface area contributed by atoms with Crippen molar-refractivity contribution in [3.05, 3.63) is 38.6 Å². The van der Waals surface area contributed by atoms with Crippen molar-refractivity contribution in [1.29, 1.82) is 0 Å². The zero-order valence-corrected chi connectivity index (χ0v) is 14.4. The van der Waals surface area contributed by atoms with Crippen molar-refractivity contribution < 1.29 is 12.6 Å². The number of hydrogen-bond acceptors (Lipinski definition) is 4. The Kier molecular flexibility index (Phi) is 4.44. The monoisotopic (exact) mass is 368 g/mol. The lowest BCUT2D eigenvalue weighted by molar-refractivity contribution is 0.493. The molecule has 114 valence electrons. The van der Waals surface area contributed by atoms with E-state index < -0.39 is 10.1 Å². The molecule has 5 nitrogen and oxygen atoms in total. The highest BCUT2D eigenvalue weighted by Crippen LogP contribution is 2.35. The Morgan fingerprint density at radius 1 is 1.14 bits per heavy atom. The van der Waals surface area contributed by atoms with Gasteiger partial charge in [0.15, 0.2) is 5.75 Å². The van der Waals surface area contributed by atoms with Crippen LogP contribution in [0.25, 0.3) is 5.69 Å². The lowest BCUT2D eigenvalue weighted by Crippen LogP contribution is -2.07. The minimum Gasteiger partial charge on any atom is -0.381 e. The summed E-state index contributed by atoms with van der Waals surface area (Å²) in [5.41, 5.74) is 1.72. The highest BCUT2D eigenvalue weighted by Gasteiger charge is 2.17. The molecule has 0 atom stereocenters. The molecule has 9 heteroatoms. The quantitative estimate of drug-likeness (QED) is 0.772. The summed E-state index contributed by atoms with van der Waals surface area (Å²) in [6.07, 6.45) is 0.928. The van der Waals surface area contributed by atoms with Crippen LogP contribution in [-0.4, -0.2) is 24.5 Å². The topological polar surface area (TPSA) is 61.2 Å². The van der Waals surface area contributed by atoms with Crippen LogP contribution in [-0.2, 0) is 10.1 Å². The van der Waals surface area contributed by atoms with E-state index in [0.717, 1.165) is 6.26 Å². The zero-order valence-electron chi connectivity index (χ0n) is 11.3. The van der Waals surface area contributed by atoms with E-state index in [1.807, 2.05) is 0 Å². The fraction of sp³-hybridized carbons (Fsp3) is 0.250. The average molecular weight is 370 g/mol. The summed E-state index contributed by atoms with van der Waals surface area (Å²) in [4.78, 5) is 0. The molecule has 0 aliphatic heterocycles. The first-order valence-electron chi connectivity index (χ1n) is 5.70. The molecule has 1 aromatic heterocycles. The maximum absolute atomic E-state index is 11.3. The molecule has 0 spiro atoms. The Labute approximate surface area is 137 Å². The van der Waals surface area contributed by atoms with Crippen molar-refractivity contribution in [2.45, 2.75) is 13.8 Å². The number of benzene rings is 1.